The standard InChI is InChI=1S/C62H87N/c1-37-17-41-21-39(3)57(47(19-37)23-41)49-26-50(58-40(4)22-42-18-38(2)20-48(58)24-42)34-56(33-49)63-55-31-43(45-27-51(59(5,6)7)35-52(28-45)60(8,9)10)25-44(32-55)46-29-53(61(11,12)13)36-54(30-46)62(14,15)16/h25-42,47-48,57-58,63H,17-24H2,1-16H3. The Labute approximate surface area is 386 Å². The molecule has 1 N–H and O–H groups in total. The average molecular weight is 846 g/mol. The average Bonchev–Trinajstić information content (AvgIpc) is 3.15. The van der Waals surface area contributed by atoms with E-state index in [0.717, 1.165) is 47.3 Å². The molecule has 4 aromatic rings. The SMILES string of the molecule is CC1CC2CC(C)C(c3cc(Nc4cc(-c5cc(C(C)(C)C)cc(C(C)(C)C)c5)cc(-c5cc(C(C)(C)C)cc(C(C)(C)C)c5)c4)cc(C4C(C)CC5CC(C)CC4C5)c3)C(C1)C2. The van der Waals surface area contributed by atoms with E-state index >= 15 is 0 Å². The molecule has 0 aliphatic heterocycles. The fraction of sp³-hybridized carbons (Fsp3) is 0.613. The molecule has 340 valence electrons. The monoisotopic (exact) mass is 846 g/mol. The van der Waals surface area contributed by atoms with Gasteiger partial charge in [0.15, 0.2) is 0 Å². The van der Waals surface area contributed by atoms with Crippen LogP contribution in [0.3, 0.4) is 0 Å². The van der Waals surface area contributed by atoms with E-state index in [9.17, 15) is 0 Å². The van der Waals surface area contributed by atoms with Gasteiger partial charge in [0, 0.05) is 11.4 Å². The van der Waals surface area contributed by atoms with E-state index in [1.54, 1.807) is 11.1 Å². The summed E-state index contributed by atoms with van der Waals surface area (Å²) in [5, 5.41) is 4.22. The number of anilines is 2. The van der Waals surface area contributed by atoms with Crippen molar-refractivity contribution in [2.24, 2.45) is 47.3 Å². The fourth-order valence-corrected chi connectivity index (χ4v) is 13.7. The van der Waals surface area contributed by atoms with Crippen molar-refractivity contribution in [3.8, 4) is 22.3 Å². The molecule has 4 bridgehead atoms. The highest BCUT2D eigenvalue weighted by Gasteiger charge is 2.43. The van der Waals surface area contributed by atoms with Crippen molar-refractivity contribution in [1.29, 1.82) is 0 Å². The Bertz CT molecular complexity index is 2050. The second-order valence-corrected chi connectivity index (χ2v) is 26.8. The molecule has 4 saturated carbocycles. The second-order valence-electron chi connectivity index (χ2n) is 26.8. The van der Waals surface area contributed by atoms with Crippen molar-refractivity contribution in [3.63, 3.8) is 0 Å². The number of benzene rings is 4. The van der Waals surface area contributed by atoms with Crippen molar-refractivity contribution >= 4 is 11.4 Å². The highest BCUT2D eigenvalue weighted by atomic mass is 14.9. The Kier molecular flexibility index (Phi) is 12.4. The highest BCUT2D eigenvalue weighted by molar-refractivity contribution is 5.81. The molecule has 4 aliphatic carbocycles. The van der Waals surface area contributed by atoms with Gasteiger partial charge in [0.2, 0.25) is 0 Å². The third-order valence-electron chi connectivity index (χ3n) is 16.8. The normalized spacial score (nSPS) is 29.1. The van der Waals surface area contributed by atoms with Gasteiger partial charge < -0.3 is 5.32 Å². The molecule has 4 aliphatic rings. The Balaban J connectivity index is 1.31. The maximum atomic E-state index is 4.22. The van der Waals surface area contributed by atoms with Gasteiger partial charge in [-0.3, -0.25) is 0 Å². The number of rotatable bonds is 6. The van der Waals surface area contributed by atoms with Crippen LogP contribution in [0.15, 0.2) is 72.8 Å². The first kappa shape index (κ1) is 46.2. The van der Waals surface area contributed by atoms with E-state index in [0.29, 0.717) is 11.8 Å². The molecule has 0 amide bonds. The molecular formula is C62H87N. The first-order valence-corrected chi connectivity index (χ1v) is 25.7. The molecule has 0 saturated heterocycles. The predicted molar refractivity (Wildman–Crippen MR) is 275 cm³/mol. The summed E-state index contributed by atoms with van der Waals surface area (Å²) in [6.45, 7) is 38.6. The smallest absolute Gasteiger partial charge is 0.0396 e. The number of hydrogen-bond acceptors (Lipinski definition) is 1. The summed E-state index contributed by atoms with van der Waals surface area (Å²) in [7, 11) is 0. The topological polar surface area (TPSA) is 12.0 Å². The zero-order valence-electron chi connectivity index (χ0n) is 42.9. The summed E-state index contributed by atoms with van der Waals surface area (Å²) in [6.07, 6.45) is 11.3. The fourth-order valence-electron chi connectivity index (χ4n) is 13.7. The minimum Gasteiger partial charge on any atom is -0.355 e. The molecule has 1 nitrogen and oxygen atoms in total. The minimum atomic E-state index is 0.0347. The van der Waals surface area contributed by atoms with Gasteiger partial charge in [-0.1, -0.05) is 153 Å². The zero-order chi connectivity index (χ0) is 45.6. The quantitative estimate of drug-likeness (QED) is 0.204. The summed E-state index contributed by atoms with van der Waals surface area (Å²) in [4.78, 5) is 0. The van der Waals surface area contributed by atoms with Crippen molar-refractivity contribution in [1.82, 2.24) is 0 Å². The van der Waals surface area contributed by atoms with Gasteiger partial charge in [0.1, 0.15) is 0 Å². The van der Waals surface area contributed by atoms with Crippen molar-refractivity contribution in [2.75, 3.05) is 5.32 Å². The van der Waals surface area contributed by atoms with Crippen LogP contribution in [0.1, 0.15) is 207 Å². The van der Waals surface area contributed by atoms with Crippen LogP contribution in [0.4, 0.5) is 11.4 Å². The Morgan fingerprint density at radius 2 is 0.683 bits per heavy atom. The Morgan fingerprint density at radius 3 is 1.03 bits per heavy atom. The molecule has 0 spiro atoms. The lowest BCUT2D eigenvalue weighted by atomic mass is 9.57. The third kappa shape index (κ3) is 10.1. The zero-order valence-corrected chi connectivity index (χ0v) is 42.9. The van der Waals surface area contributed by atoms with Crippen LogP contribution >= 0.6 is 0 Å². The molecule has 0 radical (unpaired) electrons. The van der Waals surface area contributed by atoms with Crippen LogP contribution in [0.25, 0.3) is 22.3 Å². The first-order chi connectivity index (χ1) is 29.3. The van der Waals surface area contributed by atoms with Gasteiger partial charge in [0.25, 0.3) is 0 Å². The lowest BCUT2D eigenvalue weighted by Crippen LogP contribution is -2.36. The molecule has 1 heteroatoms. The Hall–Kier alpha value is -3.32. The molecule has 4 aromatic carbocycles. The lowest BCUT2D eigenvalue weighted by molar-refractivity contribution is 0.0828. The number of hydrogen-bond donors (Lipinski definition) is 1. The van der Waals surface area contributed by atoms with E-state index in [1.807, 2.05) is 0 Å². The molecule has 10 unspecified atom stereocenters. The van der Waals surface area contributed by atoms with E-state index < -0.39 is 0 Å². The molecule has 63 heavy (non-hydrogen) atoms. The molecule has 0 heterocycles. The first-order valence-electron chi connectivity index (χ1n) is 25.7. The van der Waals surface area contributed by atoms with Crippen LogP contribution in [0.5, 0.6) is 0 Å². The summed E-state index contributed by atoms with van der Waals surface area (Å²) >= 11 is 0. The van der Waals surface area contributed by atoms with Gasteiger partial charge in [0.05, 0.1) is 0 Å². The van der Waals surface area contributed by atoms with E-state index in [2.05, 4.69) is 189 Å². The van der Waals surface area contributed by atoms with Crippen LogP contribution < -0.4 is 5.32 Å². The van der Waals surface area contributed by atoms with Crippen molar-refractivity contribution < 1.29 is 0 Å². The maximum Gasteiger partial charge on any atom is 0.0396 e. The predicted octanol–water partition coefficient (Wildman–Crippen LogP) is 18.3. The summed E-state index contributed by atoms with van der Waals surface area (Å²) < 4.78 is 0. The largest absolute Gasteiger partial charge is 0.355 e. The van der Waals surface area contributed by atoms with Crippen LogP contribution in [-0.2, 0) is 21.7 Å². The van der Waals surface area contributed by atoms with Gasteiger partial charge in [-0.05, 0) is 218 Å². The molecule has 0 aromatic heterocycles. The van der Waals surface area contributed by atoms with Crippen LogP contribution in [0, 0.1) is 47.3 Å². The van der Waals surface area contributed by atoms with E-state index in [4.69, 9.17) is 0 Å². The van der Waals surface area contributed by atoms with Gasteiger partial charge >= 0.3 is 0 Å². The van der Waals surface area contributed by atoms with E-state index in [-0.39, 0.29) is 21.7 Å². The van der Waals surface area contributed by atoms with Crippen LogP contribution in [0.2, 0.25) is 0 Å². The van der Waals surface area contributed by atoms with Gasteiger partial charge in [-0.25, -0.2) is 0 Å². The molecule has 10 atom stereocenters. The highest BCUT2D eigenvalue weighted by Crippen LogP contribution is 2.56. The number of nitrogens with one attached hydrogen (secondary N) is 1. The minimum absolute atomic E-state index is 0.0347. The van der Waals surface area contributed by atoms with Crippen molar-refractivity contribution in [2.45, 2.75) is 196 Å². The lowest BCUT2D eigenvalue weighted by Gasteiger charge is -2.48. The Morgan fingerprint density at radius 1 is 0.349 bits per heavy atom. The number of fused-ring (bicyclic) bond motifs is 4. The van der Waals surface area contributed by atoms with Gasteiger partial charge in [-0.2, -0.15) is 0 Å². The molecule has 8 rings (SSSR count). The van der Waals surface area contributed by atoms with Gasteiger partial charge in [-0.15, -0.1) is 0 Å². The summed E-state index contributed by atoms with van der Waals surface area (Å²) in [5.74, 6) is 7.82. The third-order valence-corrected chi connectivity index (χ3v) is 16.8. The molecule has 4 fully saturated rings. The maximum absolute atomic E-state index is 4.22. The van der Waals surface area contributed by atoms with Crippen molar-refractivity contribution in [3.05, 3.63) is 106 Å². The molecular weight excluding hydrogens is 759 g/mol. The summed E-state index contributed by atoms with van der Waals surface area (Å²) in [6, 6.07) is 30.3. The van der Waals surface area contributed by atoms with Crippen LogP contribution in [-0.4, -0.2) is 0 Å². The summed E-state index contributed by atoms with van der Waals surface area (Å²) in [5.41, 5.74) is 16.6. The second kappa shape index (κ2) is 16.8. The van der Waals surface area contributed by atoms with E-state index in [1.165, 1.54) is 107 Å².